The highest BCUT2D eigenvalue weighted by Gasteiger charge is 2.38. The Labute approximate surface area is 165 Å². The lowest BCUT2D eigenvalue weighted by molar-refractivity contribution is -0.387. The summed E-state index contributed by atoms with van der Waals surface area (Å²) in [7, 11) is -4.09. The van der Waals surface area contributed by atoms with Crippen molar-refractivity contribution >= 4 is 21.7 Å². The van der Waals surface area contributed by atoms with E-state index < -0.39 is 32.6 Å². The predicted molar refractivity (Wildman–Crippen MR) is 103 cm³/mol. The molecule has 2 rings (SSSR count). The maximum Gasteiger partial charge on any atom is 0.307 e. The molecular formula is C18H27N3O6S. The van der Waals surface area contributed by atoms with Crippen molar-refractivity contribution in [2.24, 2.45) is 5.92 Å². The van der Waals surface area contributed by atoms with Crippen LogP contribution in [0, 0.1) is 16.0 Å². The highest BCUT2D eigenvalue weighted by atomic mass is 32.2. The Morgan fingerprint density at radius 1 is 1.32 bits per heavy atom. The summed E-state index contributed by atoms with van der Waals surface area (Å²) in [6.45, 7) is 6.24. The van der Waals surface area contributed by atoms with E-state index >= 15 is 0 Å². The summed E-state index contributed by atoms with van der Waals surface area (Å²) in [5, 5.41) is 14.6. The predicted octanol–water partition coefficient (Wildman–Crippen LogP) is 1.93. The van der Waals surface area contributed by atoms with Gasteiger partial charge in [-0.1, -0.05) is 26.0 Å². The highest BCUT2D eigenvalue weighted by molar-refractivity contribution is 7.89. The third kappa shape index (κ3) is 5.49. The van der Waals surface area contributed by atoms with Gasteiger partial charge in [-0.05, 0) is 25.3 Å². The van der Waals surface area contributed by atoms with Gasteiger partial charge in [0.2, 0.25) is 10.0 Å². The molecule has 1 aliphatic rings. The molecule has 28 heavy (non-hydrogen) atoms. The van der Waals surface area contributed by atoms with Gasteiger partial charge in [-0.3, -0.25) is 14.9 Å². The summed E-state index contributed by atoms with van der Waals surface area (Å²) in [5.41, 5.74) is -0.455. The van der Waals surface area contributed by atoms with E-state index in [0.29, 0.717) is 12.3 Å². The van der Waals surface area contributed by atoms with Crippen LogP contribution < -0.4 is 5.32 Å². The number of para-hydroxylation sites is 1. The van der Waals surface area contributed by atoms with E-state index in [4.69, 9.17) is 4.74 Å². The van der Waals surface area contributed by atoms with Gasteiger partial charge in [0.1, 0.15) is 0 Å². The number of nitrogens with one attached hydrogen (secondary N) is 1. The second-order valence-corrected chi connectivity index (χ2v) is 9.15. The summed E-state index contributed by atoms with van der Waals surface area (Å²) < 4.78 is 32.6. The molecule has 2 atom stereocenters. The molecule has 0 saturated carbocycles. The van der Waals surface area contributed by atoms with Gasteiger partial charge in [-0.15, -0.1) is 0 Å². The number of hydrogen-bond acceptors (Lipinski definition) is 7. The van der Waals surface area contributed by atoms with Gasteiger partial charge in [0.15, 0.2) is 4.90 Å². The molecule has 156 valence electrons. The number of nitro benzene ring substituents is 1. The monoisotopic (exact) mass is 413 g/mol. The first-order chi connectivity index (χ1) is 13.1. The SMILES string of the molecule is CCOC(=O)C[C@@H]1CN(S(=O)(=O)c2ccccc2[N+](=O)[O-])C[C@H](CC(C)C)N1. The van der Waals surface area contributed by atoms with Crippen LogP contribution in [0.1, 0.15) is 33.6 Å². The smallest absolute Gasteiger partial charge is 0.307 e. The van der Waals surface area contributed by atoms with E-state index in [1.54, 1.807) is 6.92 Å². The molecule has 1 heterocycles. The molecule has 0 aliphatic carbocycles. The molecule has 1 saturated heterocycles. The first kappa shape index (κ1) is 22.3. The lowest BCUT2D eigenvalue weighted by Crippen LogP contribution is -2.58. The van der Waals surface area contributed by atoms with Crippen LogP contribution in [-0.2, 0) is 19.6 Å². The van der Waals surface area contributed by atoms with Crippen LogP contribution in [0.5, 0.6) is 0 Å². The molecule has 1 aliphatic heterocycles. The molecule has 0 spiro atoms. The molecule has 1 fully saturated rings. The van der Waals surface area contributed by atoms with Gasteiger partial charge in [0.05, 0.1) is 18.0 Å². The van der Waals surface area contributed by atoms with E-state index in [2.05, 4.69) is 5.32 Å². The Kier molecular flexibility index (Phi) is 7.50. The van der Waals surface area contributed by atoms with Crippen molar-refractivity contribution in [1.82, 2.24) is 9.62 Å². The molecular weight excluding hydrogens is 386 g/mol. The second-order valence-electron chi connectivity index (χ2n) is 7.25. The van der Waals surface area contributed by atoms with E-state index in [-0.39, 0.29) is 37.1 Å². The van der Waals surface area contributed by atoms with Crippen LogP contribution in [0.3, 0.4) is 0 Å². The van der Waals surface area contributed by atoms with Gasteiger partial charge in [0, 0.05) is 31.2 Å². The Balaban J connectivity index is 2.32. The van der Waals surface area contributed by atoms with Crippen molar-refractivity contribution in [2.45, 2.75) is 50.6 Å². The molecule has 1 aromatic carbocycles. The third-order valence-corrected chi connectivity index (χ3v) is 6.35. The van der Waals surface area contributed by atoms with Crippen LogP contribution in [0.2, 0.25) is 0 Å². The average Bonchev–Trinajstić information content (AvgIpc) is 2.61. The molecule has 10 heteroatoms. The van der Waals surface area contributed by atoms with E-state index in [0.717, 1.165) is 0 Å². The highest BCUT2D eigenvalue weighted by Crippen LogP contribution is 2.28. The average molecular weight is 413 g/mol. The number of ether oxygens (including phenoxy) is 1. The van der Waals surface area contributed by atoms with E-state index in [9.17, 15) is 23.3 Å². The maximum atomic E-state index is 13.2. The number of rotatable bonds is 8. The Morgan fingerprint density at radius 3 is 2.57 bits per heavy atom. The van der Waals surface area contributed by atoms with Crippen LogP contribution in [0.25, 0.3) is 0 Å². The molecule has 0 bridgehead atoms. The van der Waals surface area contributed by atoms with Crippen molar-refractivity contribution in [3.63, 3.8) is 0 Å². The summed E-state index contributed by atoms with van der Waals surface area (Å²) in [5.74, 6) is -0.0947. The molecule has 0 radical (unpaired) electrons. The van der Waals surface area contributed by atoms with Crippen LogP contribution in [0.4, 0.5) is 5.69 Å². The lowest BCUT2D eigenvalue weighted by atomic mass is 10.00. The van der Waals surface area contributed by atoms with Crippen LogP contribution >= 0.6 is 0 Å². The summed E-state index contributed by atoms with van der Waals surface area (Å²) >= 11 is 0. The fourth-order valence-electron chi connectivity index (χ4n) is 3.42. The zero-order valence-electron chi connectivity index (χ0n) is 16.3. The third-order valence-electron chi connectivity index (χ3n) is 4.47. The Morgan fingerprint density at radius 2 is 1.96 bits per heavy atom. The number of carbonyl (C=O) groups excluding carboxylic acids is 1. The molecule has 1 N–H and O–H groups in total. The number of nitro groups is 1. The van der Waals surface area contributed by atoms with Gasteiger partial charge >= 0.3 is 5.97 Å². The molecule has 0 aromatic heterocycles. The molecule has 9 nitrogen and oxygen atoms in total. The fourth-order valence-corrected chi connectivity index (χ4v) is 5.11. The lowest BCUT2D eigenvalue weighted by Gasteiger charge is -2.38. The minimum Gasteiger partial charge on any atom is -0.466 e. The first-order valence-corrected chi connectivity index (χ1v) is 10.7. The van der Waals surface area contributed by atoms with Gasteiger partial charge in [-0.2, -0.15) is 4.31 Å². The van der Waals surface area contributed by atoms with Crippen molar-refractivity contribution in [3.05, 3.63) is 34.4 Å². The zero-order chi connectivity index (χ0) is 20.9. The van der Waals surface area contributed by atoms with Crippen molar-refractivity contribution in [3.8, 4) is 0 Å². The number of piperazine rings is 1. The normalized spacial score (nSPS) is 20.9. The van der Waals surface area contributed by atoms with Gasteiger partial charge in [-0.25, -0.2) is 8.42 Å². The summed E-state index contributed by atoms with van der Waals surface area (Å²) in [6, 6.07) is 4.73. The summed E-state index contributed by atoms with van der Waals surface area (Å²) in [6.07, 6.45) is 0.744. The Bertz CT molecular complexity index is 811. The first-order valence-electron chi connectivity index (χ1n) is 9.30. The van der Waals surface area contributed by atoms with Gasteiger partial charge in [0.25, 0.3) is 5.69 Å². The summed E-state index contributed by atoms with van der Waals surface area (Å²) in [4.78, 5) is 22.2. The number of carbonyl (C=O) groups is 1. The number of nitrogens with zero attached hydrogens (tertiary/aromatic N) is 2. The van der Waals surface area contributed by atoms with Gasteiger partial charge < -0.3 is 10.1 Å². The van der Waals surface area contributed by atoms with Crippen molar-refractivity contribution in [2.75, 3.05) is 19.7 Å². The minimum atomic E-state index is -4.09. The van der Waals surface area contributed by atoms with Crippen LogP contribution in [0.15, 0.2) is 29.2 Å². The maximum absolute atomic E-state index is 13.2. The number of benzene rings is 1. The zero-order valence-corrected chi connectivity index (χ0v) is 17.1. The molecule has 0 unspecified atom stereocenters. The number of sulfonamides is 1. The molecule has 0 amide bonds. The Hall–Kier alpha value is -2.04. The van der Waals surface area contributed by atoms with E-state index in [1.807, 2.05) is 13.8 Å². The molecule has 1 aromatic rings. The van der Waals surface area contributed by atoms with Crippen LogP contribution in [-0.4, -0.2) is 55.4 Å². The quantitative estimate of drug-likeness (QED) is 0.393. The number of hydrogen-bond donors (Lipinski definition) is 1. The largest absolute Gasteiger partial charge is 0.466 e. The van der Waals surface area contributed by atoms with Crippen molar-refractivity contribution < 1.29 is 22.9 Å². The van der Waals surface area contributed by atoms with E-state index in [1.165, 1.54) is 28.6 Å². The fraction of sp³-hybridized carbons (Fsp3) is 0.611. The number of esters is 1. The minimum absolute atomic E-state index is 0.0331. The standard InChI is InChI=1S/C18H27N3O6S/c1-4-27-18(22)10-15-12-20(11-14(19-15)9-13(2)3)28(25,26)17-8-6-5-7-16(17)21(23)24/h5-8,13-15,19H,4,9-12H2,1-3H3/t14-,15+/m0/s1. The van der Waals surface area contributed by atoms with Crippen molar-refractivity contribution in [1.29, 1.82) is 0 Å². The second kappa shape index (κ2) is 9.44. The topological polar surface area (TPSA) is 119 Å².